The van der Waals surface area contributed by atoms with Gasteiger partial charge in [0.15, 0.2) is 0 Å². The van der Waals surface area contributed by atoms with Gasteiger partial charge >= 0.3 is 6.18 Å². The molecular formula is C21H23F4N3O. The number of rotatable bonds is 5. The third kappa shape index (κ3) is 5.55. The standard InChI is InChI=1S/C21H23F4N3O/c1-27-9-11-28(12-10-27)19(15-5-7-18(22)8-6-15)14-26-20(29)16-3-2-4-17(13-16)21(23,24)25/h2-8,13,19H,9-12,14H2,1H3,(H,26,29)/t19-/m0/s1. The second-order valence-electron chi connectivity index (χ2n) is 7.20. The van der Waals surface area contributed by atoms with Gasteiger partial charge in [-0.1, -0.05) is 18.2 Å². The van der Waals surface area contributed by atoms with Crippen molar-refractivity contribution in [1.82, 2.24) is 15.1 Å². The molecule has 1 atom stereocenters. The number of hydrogen-bond acceptors (Lipinski definition) is 3. The average molecular weight is 409 g/mol. The average Bonchev–Trinajstić information content (AvgIpc) is 2.70. The molecule has 4 nitrogen and oxygen atoms in total. The van der Waals surface area contributed by atoms with Gasteiger partial charge < -0.3 is 10.2 Å². The van der Waals surface area contributed by atoms with E-state index in [4.69, 9.17) is 0 Å². The monoisotopic (exact) mass is 409 g/mol. The number of amides is 1. The molecule has 29 heavy (non-hydrogen) atoms. The first-order valence-electron chi connectivity index (χ1n) is 9.37. The summed E-state index contributed by atoms with van der Waals surface area (Å²) in [6, 6.07) is 10.2. The summed E-state index contributed by atoms with van der Waals surface area (Å²) >= 11 is 0. The van der Waals surface area contributed by atoms with Crippen LogP contribution in [-0.4, -0.2) is 55.5 Å². The van der Waals surface area contributed by atoms with Crippen LogP contribution in [0.15, 0.2) is 48.5 Å². The summed E-state index contributed by atoms with van der Waals surface area (Å²) in [5, 5.41) is 2.74. The lowest BCUT2D eigenvalue weighted by atomic mass is 10.0. The van der Waals surface area contributed by atoms with Gasteiger partial charge in [0.25, 0.3) is 5.91 Å². The van der Waals surface area contributed by atoms with Crippen LogP contribution in [0, 0.1) is 5.82 Å². The van der Waals surface area contributed by atoms with Crippen LogP contribution in [0.4, 0.5) is 17.6 Å². The van der Waals surface area contributed by atoms with E-state index in [1.165, 1.54) is 24.3 Å². The quantitative estimate of drug-likeness (QED) is 0.767. The second-order valence-corrected chi connectivity index (χ2v) is 7.20. The number of carbonyl (C=O) groups is 1. The van der Waals surface area contributed by atoms with E-state index in [1.807, 2.05) is 7.05 Å². The minimum absolute atomic E-state index is 0.0453. The molecule has 8 heteroatoms. The van der Waals surface area contributed by atoms with E-state index in [2.05, 4.69) is 15.1 Å². The first-order chi connectivity index (χ1) is 13.7. The van der Waals surface area contributed by atoms with Crippen LogP contribution in [0.25, 0.3) is 0 Å². The smallest absolute Gasteiger partial charge is 0.350 e. The summed E-state index contributed by atoms with van der Waals surface area (Å²) in [6.45, 7) is 3.49. The van der Waals surface area contributed by atoms with Crippen molar-refractivity contribution < 1.29 is 22.4 Å². The predicted octanol–water partition coefficient (Wildman–Crippen LogP) is 3.56. The Bertz CT molecular complexity index is 831. The summed E-state index contributed by atoms with van der Waals surface area (Å²) in [7, 11) is 2.03. The number of hydrogen-bond donors (Lipinski definition) is 1. The van der Waals surface area contributed by atoms with Gasteiger partial charge in [0.1, 0.15) is 5.82 Å². The Morgan fingerprint density at radius 3 is 2.34 bits per heavy atom. The largest absolute Gasteiger partial charge is 0.416 e. The summed E-state index contributed by atoms with van der Waals surface area (Å²) in [5.41, 5.74) is -0.0596. The van der Waals surface area contributed by atoms with Crippen molar-refractivity contribution in [3.05, 3.63) is 71.0 Å². The third-order valence-electron chi connectivity index (χ3n) is 5.14. The van der Waals surface area contributed by atoms with Gasteiger partial charge in [-0.25, -0.2) is 4.39 Å². The molecule has 156 valence electrons. The molecule has 1 aliphatic rings. The van der Waals surface area contributed by atoms with Crippen LogP contribution in [0.3, 0.4) is 0 Å². The van der Waals surface area contributed by atoms with Crippen molar-refractivity contribution in [2.45, 2.75) is 12.2 Å². The molecule has 0 radical (unpaired) electrons. The molecule has 0 saturated carbocycles. The maximum absolute atomic E-state index is 13.3. The van der Waals surface area contributed by atoms with Crippen molar-refractivity contribution in [2.24, 2.45) is 0 Å². The van der Waals surface area contributed by atoms with Crippen LogP contribution in [0.1, 0.15) is 27.5 Å². The number of likely N-dealkylation sites (N-methyl/N-ethyl adjacent to an activating group) is 1. The van der Waals surface area contributed by atoms with Gasteiger partial charge in [-0.15, -0.1) is 0 Å². The second kappa shape index (κ2) is 8.92. The molecule has 0 bridgehead atoms. The highest BCUT2D eigenvalue weighted by Crippen LogP contribution is 2.29. The lowest BCUT2D eigenvalue weighted by Crippen LogP contribution is -2.48. The summed E-state index contributed by atoms with van der Waals surface area (Å²) < 4.78 is 52.0. The number of nitrogens with one attached hydrogen (secondary N) is 1. The minimum atomic E-state index is -4.51. The topological polar surface area (TPSA) is 35.6 Å². The van der Waals surface area contributed by atoms with Crippen molar-refractivity contribution >= 4 is 5.91 Å². The predicted molar refractivity (Wildman–Crippen MR) is 102 cm³/mol. The van der Waals surface area contributed by atoms with Gasteiger partial charge in [-0.3, -0.25) is 9.69 Å². The highest BCUT2D eigenvalue weighted by Gasteiger charge is 2.31. The van der Waals surface area contributed by atoms with Crippen molar-refractivity contribution in [2.75, 3.05) is 39.8 Å². The van der Waals surface area contributed by atoms with E-state index >= 15 is 0 Å². The molecule has 1 amide bonds. The molecule has 2 aromatic carbocycles. The molecule has 1 saturated heterocycles. The number of alkyl halides is 3. The Balaban J connectivity index is 1.74. The minimum Gasteiger partial charge on any atom is -0.350 e. The number of nitrogens with zero attached hydrogens (tertiary/aromatic N) is 2. The number of carbonyl (C=O) groups excluding carboxylic acids is 1. The zero-order valence-electron chi connectivity index (χ0n) is 16.0. The fraction of sp³-hybridized carbons (Fsp3) is 0.381. The zero-order chi connectivity index (χ0) is 21.0. The SMILES string of the molecule is CN1CCN([C@@H](CNC(=O)c2cccc(C(F)(F)F)c2)c2ccc(F)cc2)CC1. The molecule has 0 aromatic heterocycles. The fourth-order valence-electron chi connectivity index (χ4n) is 3.40. The van der Waals surface area contributed by atoms with Gasteiger partial charge in [-0.05, 0) is 42.9 Å². The molecular weight excluding hydrogens is 386 g/mol. The van der Waals surface area contributed by atoms with Crippen molar-refractivity contribution in [1.29, 1.82) is 0 Å². The Morgan fingerprint density at radius 2 is 1.72 bits per heavy atom. The number of halogens is 4. The van der Waals surface area contributed by atoms with Gasteiger partial charge in [-0.2, -0.15) is 13.2 Å². The van der Waals surface area contributed by atoms with Crippen molar-refractivity contribution in [3.63, 3.8) is 0 Å². The Morgan fingerprint density at radius 1 is 1.07 bits per heavy atom. The summed E-state index contributed by atoms with van der Waals surface area (Å²) in [5.74, 6) is -0.920. The van der Waals surface area contributed by atoms with Gasteiger partial charge in [0.05, 0.1) is 11.6 Å². The van der Waals surface area contributed by atoms with Gasteiger partial charge in [0.2, 0.25) is 0 Å². The molecule has 1 fully saturated rings. The molecule has 0 spiro atoms. The normalized spacial score (nSPS) is 17.1. The first kappa shape index (κ1) is 21.3. The molecule has 0 unspecified atom stereocenters. The molecule has 1 aliphatic heterocycles. The third-order valence-corrected chi connectivity index (χ3v) is 5.14. The van der Waals surface area contributed by atoms with E-state index in [0.717, 1.165) is 43.9 Å². The maximum atomic E-state index is 13.3. The first-order valence-corrected chi connectivity index (χ1v) is 9.37. The van der Waals surface area contributed by atoms with E-state index in [1.54, 1.807) is 12.1 Å². The fourth-order valence-corrected chi connectivity index (χ4v) is 3.40. The Kier molecular flexibility index (Phi) is 6.54. The number of benzene rings is 2. The van der Waals surface area contributed by atoms with E-state index in [0.29, 0.717) is 0 Å². The van der Waals surface area contributed by atoms with E-state index in [9.17, 15) is 22.4 Å². The van der Waals surface area contributed by atoms with Crippen molar-refractivity contribution in [3.8, 4) is 0 Å². The Labute approximate surface area is 167 Å². The van der Waals surface area contributed by atoms with Crippen LogP contribution < -0.4 is 5.32 Å². The lowest BCUT2D eigenvalue weighted by Gasteiger charge is -2.38. The highest BCUT2D eigenvalue weighted by atomic mass is 19.4. The lowest BCUT2D eigenvalue weighted by molar-refractivity contribution is -0.137. The van der Waals surface area contributed by atoms with E-state index < -0.39 is 17.6 Å². The van der Waals surface area contributed by atoms with Gasteiger partial charge in [0, 0.05) is 38.3 Å². The van der Waals surface area contributed by atoms with Crippen LogP contribution in [0.2, 0.25) is 0 Å². The van der Waals surface area contributed by atoms with Crippen LogP contribution in [-0.2, 0) is 6.18 Å². The Hall–Kier alpha value is -2.45. The highest BCUT2D eigenvalue weighted by molar-refractivity contribution is 5.94. The molecule has 3 rings (SSSR count). The summed E-state index contributed by atoms with van der Waals surface area (Å²) in [6.07, 6.45) is -4.51. The molecule has 2 aromatic rings. The molecule has 0 aliphatic carbocycles. The van der Waals surface area contributed by atoms with E-state index in [-0.39, 0.29) is 24.0 Å². The summed E-state index contributed by atoms with van der Waals surface area (Å²) in [4.78, 5) is 16.9. The molecule has 1 N–H and O–H groups in total. The number of piperazine rings is 1. The maximum Gasteiger partial charge on any atom is 0.416 e. The zero-order valence-corrected chi connectivity index (χ0v) is 16.0. The van der Waals surface area contributed by atoms with Crippen LogP contribution in [0.5, 0.6) is 0 Å². The van der Waals surface area contributed by atoms with Crippen LogP contribution >= 0.6 is 0 Å². The molecule has 1 heterocycles.